The van der Waals surface area contributed by atoms with Crippen molar-refractivity contribution in [1.82, 2.24) is 5.32 Å². The van der Waals surface area contributed by atoms with Crippen molar-refractivity contribution in [2.75, 3.05) is 19.7 Å². The molecule has 0 amide bonds. The molecule has 1 radical (unpaired) electrons. The first kappa shape index (κ1) is 7.94. The summed E-state index contributed by atoms with van der Waals surface area (Å²) in [6.07, 6.45) is -1.59. The van der Waals surface area contributed by atoms with Crippen molar-refractivity contribution >= 4 is 0 Å². The molecule has 1 rings (SSSR count). The van der Waals surface area contributed by atoms with Crippen LogP contribution in [0.4, 0.5) is 0 Å². The maximum absolute atomic E-state index is 9.17. The summed E-state index contributed by atoms with van der Waals surface area (Å²) in [6.45, 7) is 0.633. The monoisotopic (exact) mass is 146 g/mol. The van der Waals surface area contributed by atoms with E-state index in [0.29, 0.717) is 6.54 Å². The van der Waals surface area contributed by atoms with Gasteiger partial charge in [0.25, 0.3) is 0 Å². The summed E-state index contributed by atoms with van der Waals surface area (Å²) < 4.78 is 0. The Labute approximate surface area is 59.5 Å². The van der Waals surface area contributed by atoms with Crippen LogP contribution in [0.3, 0.4) is 0 Å². The van der Waals surface area contributed by atoms with E-state index in [-0.39, 0.29) is 19.1 Å². The standard InChI is InChI=1S/C6H12NO3/c8-3-4-1-7-2-5(9)6(4)10/h4-6,8-10H,1-3H2. The molecule has 59 valence electrons. The first-order valence-electron chi connectivity index (χ1n) is 3.36. The normalized spacial score (nSPS) is 41.7. The fraction of sp³-hybridized carbons (Fsp3) is 1.00. The van der Waals surface area contributed by atoms with Gasteiger partial charge in [0.1, 0.15) is 0 Å². The first-order valence-corrected chi connectivity index (χ1v) is 3.36. The summed E-state index contributed by atoms with van der Waals surface area (Å²) in [5.74, 6) is -0.274. The third-order valence-electron chi connectivity index (χ3n) is 1.79. The van der Waals surface area contributed by atoms with Crippen LogP contribution in [0.1, 0.15) is 0 Å². The van der Waals surface area contributed by atoms with Crippen LogP contribution in [0.5, 0.6) is 0 Å². The molecule has 0 aromatic carbocycles. The molecular weight excluding hydrogens is 134 g/mol. The zero-order chi connectivity index (χ0) is 7.56. The minimum Gasteiger partial charge on any atom is -0.396 e. The van der Waals surface area contributed by atoms with Crippen LogP contribution in [-0.2, 0) is 0 Å². The van der Waals surface area contributed by atoms with Gasteiger partial charge in [-0.1, -0.05) is 0 Å². The molecule has 4 nitrogen and oxygen atoms in total. The number of hydrogen-bond acceptors (Lipinski definition) is 3. The molecule has 1 aliphatic heterocycles. The summed E-state index contributed by atoms with van der Waals surface area (Å²) in [5.41, 5.74) is 0. The molecule has 1 aliphatic rings. The molecular formula is C6H12NO3. The van der Waals surface area contributed by atoms with Crippen LogP contribution in [0.15, 0.2) is 0 Å². The minimum atomic E-state index is -0.803. The van der Waals surface area contributed by atoms with Gasteiger partial charge in [0.15, 0.2) is 0 Å². The average molecular weight is 146 g/mol. The fourth-order valence-electron chi connectivity index (χ4n) is 1.07. The Balaban J connectivity index is 2.42. The van der Waals surface area contributed by atoms with E-state index in [4.69, 9.17) is 15.3 Å². The highest BCUT2D eigenvalue weighted by molar-refractivity contribution is 4.83. The molecule has 3 atom stereocenters. The molecule has 1 saturated heterocycles. The van der Waals surface area contributed by atoms with Crippen LogP contribution in [-0.4, -0.2) is 47.2 Å². The molecule has 10 heavy (non-hydrogen) atoms. The predicted octanol–water partition coefficient (Wildman–Crippen LogP) is -2.07. The summed E-state index contributed by atoms with van der Waals surface area (Å²) in [5, 5.41) is 30.7. The molecule has 0 bridgehead atoms. The van der Waals surface area contributed by atoms with Gasteiger partial charge >= 0.3 is 0 Å². The van der Waals surface area contributed by atoms with Crippen molar-refractivity contribution in [3.8, 4) is 0 Å². The van der Waals surface area contributed by atoms with E-state index in [1.165, 1.54) is 0 Å². The smallest absolute Gasteiger partial charge is 0.0943 e. The maximum atomic E-state index is 9.17. The number of rotatable bonds is 1. The van der Waals surface area contributed by atoms with Crippen molar-refractivity contribution in [3.63, 3.8) is 0 Å². The zero-order valence-electron chi connectivity index (χ0n) is 5.64. The lowest BCUT2D eigenvalue weighted by Crippen LogP contribution is -2.48. The second kappa shape index (κ2) is 3.30. The lowest BCUT2D eigenvalue weighted by Gasteiger charge is -2.29. The van der Waals surface area contributed by atoms with E-state index in [2.05, 4.69) is 5.32 Å². The van der Waals surface area contributed by atoms with Gasteiger partial charge in [-0.3, -0.25) is 0 Å². The highest BCUT2D eigenvalue weighted by Crippen LogP contribution is 2.11. The fourth-order valence-corrected chi connectivity index (χ4v) is 1.07. The molecule has 0 aliphatic carbocycles. The van der Waals surface area contributed by atoms with Crippen LogP contribution in [0.25, 0.3) is 0 Å². The zero-order valence-corrected chi connectivity index (χ0v) is 5.64. The maximum Gasteiger partial charge on any atom is 0.0943 e. The topological polar surface area (TPSA) is 74.8 Å². The molecule has 4 heteroatoms. The molecule has 1 heterocycles. The highest BCUT2D eigenvalue weighted by Gasteiger charge is 2.30. The highest BCUT2D eigenvalue weighted by atomic mass is 16.3. The quantitative estimate of drug-likeness (QED) is 0.398. The van der Waals surface area contributed by atoms with Crippen LogP contribution in [0.2, 0.25) is 0 Å². The van der Waals surface area contributed by atoms with Gasteiger partial charge in [-0.2, -0.15) is 0 Å². The second-order valence-electron chi connectivity index (χ2n) is 2.59. The van der Waals surface area contributed by atoms with Gasteiger partial charge in [0.2, 0.25) is 0 Å². The number of aliphatic hydroxyl groups excluding tert-OH is 3. The summed E-state index contributed by atoms with van der Waals surface area (Å²) in [7, 11) is 0. The molecule has 0 spiro atoms. The van der Waals surface area contributed by atoms with Gasteiger partial charge in [-0.05, 0) is 0 Å². The Morgan fingerprint density at radius 1 is 1.30 bits per heavy atom. The number of aliphatic hydroxyl groups is 3. The molecule has 0 saturated carbocycles. The molecule has 0 aromatic heterocycles. The van der Waals surface area contributed by atoms with E-state index in [1.807, 2.05) is 0 Å². The van der Waals surface area contributed by atoms with E-state index in [9.17, 15) is 0 Å². The SMILES string of the molecule is OCC1C[N]CC(O)C1O. The van der Waals surface area contributed by atoms with Gasteiger partial charge in [-0.15, -0.1) is 0 Å². The largest absolute Gasteiger partial charge is 0.396 e. The second-order valence-corrected chi connectivity index (χ2v) is 2.59. The molecule has 0 aromatic rings. The number of nitrogens with zero attached hydrogens (tertiary/aromatic N) is 1. The lowest BCUT2D eigenvalue weighted by atomic mass is 9.95. The van der Waals surface area contributed by atoms with Gasteiger partial charge < -0.3 is 15.3 Å². The average Bonchev–Trinajstić information content (AvgIpc) is 1.95. The minimum absolute atomic E-state index is 0.109. The molecule has 3 unspecified atom stereocenters. The van der Waals surface area contributed by atoms with Gasteiger partial charge in [0.05, 0.1) is 12.2 Å². The molecule has 1 fully saturated rings. The third-order valence-corrected chi connectivity index (χ3v) is 1.79. The van der Waals surface area contributed by atoms with Crippen molar-refractivity contribution in [1.29, 1.82) is 0 Å². The Morgan fingerprint density at radius 3 is 2.50 bits per heavy atom. The Bertz CT molecular complexity index is 109. The van der Waals surface area contributed by atoms with Crippen molar-refractivity contribution < 1.29 is 15.3 Å². The Morgan fingerprint density at radius 2 is 2.00 bits per heavy atom. The van der Waals surface area contributed by atoms with E-state index < -0.39 is 12.2 Å². The third kappa shape index (κ3) is 1.46. The van der Waals surface area contributed by atoms with Crippen LogP contribution < -0.4 is 5.32 Å². The lowest BCUT2D eigenvalue weighted by molar-refractivity contribution is -0.0501. The Hall–Kier alpha value is -0.160. The molecule has 3 N–H and O–H groups in total. The van der Waals surface area contributed by atoms with Gasteiger partial charge in [0, 0.05) is 25.6 Å². The van der Waals surface area contributed by atoms with E-state index in [0.717, 1.165) is 0 Å². The van der Waals surface area contributed by atoms with Crippen LogP contribution >= 0.6 is 0 Å². The summed E-state index contributed by atoms with van der Waals surface area (Å²) in [6, 6.07) is 0. The first-order chi connectivity index (χ1) is 4.75. The van der Waals surface area contributed by atoms with E-state index >= 15 is 0 Å². The van der Waals surface area contributed by atoms with E-state index in [1.54, 1.807) is 0 Å². The summed E-state index contributed by atoms with van der Waals surface area (Å²) in [4.78, 5) is 0. The number of piperidine rings is 1. The Kier molecular flexibility index (Phi) is 2.62. The van der Waals surface area contributed by atoms with Crippen LogP contribution in [0, 0.1) is 5.92 Å². The van der Waals surface area contributed by atoms with Crippen molar-refractivity contribution in [2.45, 2.75) is 12.2 Å². The number of hydrogen-bond donors (Lipinski definition) is 3. The summed E-state index contributed by atoms with van der Waals surface area (Å²) >= 11 is 0. The predicted molar refractivity (Wildman–Crippen MR) is 34.5 cm³/mol. The van der Waals surface area contributed by atoms with Crippen molar-refractivity contribution in [2.24, 2.45) is 5.92 Å². The van der Waals surface area contributed by atoms with Crippen molar-refractivity contribution in [3.05, 3.63) is 0 Å². The van der Waals surface area contributed by atoms with Gasteiger partial charge in [-0.25, -0.2) is 5.32 Å².